The molecule has 0 spiro atoms. The highest BCUT2D eigenvalue weighted by Crippen LogP contribution is 2.32. The molecule has 8 heteroatoms. The minimum Gasteiger partial charge on any atom is -0.444 e. The largest absolute Gasteiger partial charge is 0.444 e. The van der Waals surface area contributed by atoms with Crippen LogP contribution in [0.4, 0.5) is 16.2 Å². The summed E-state index contributed by atoms with van der Waals surface area (Å²) in [4.78, 5) is 38.0. The molecule has 0 radical (unpaired) electrons. The Morgan fingerprint density at radius 3 is 2.48 bits per heavy atom. The van der Waals surface area contributed by atoms with Crippen molar-refractivity contribution in [2.45, 2.75) is 45.3 Å². The van der Waals surface area contributed by atoms with Crippen LogP contribution in [-0.2, 0) is 4.74 Å². The van der Waals surface area contributed by atoms with Crippen molar-refractivity contribution in [3.63, 3.8) is 0 Å². The molecule has 164 valence electrons. The molecule has 1 N–H and O–H groups in total. The third-order valence-electron chi connectivity index (χ3n) is 4.95. The number of hydrogen-bond acceptors (Lipinski definition) is 6. The van der Waals surface area contributed by atoms with Crippen LogP contribution in [0.2, 0.25) is 0 Å². The average Bonchev–Trinajstić information content (AvgIpc) is 2.72. The molecular weight excluding hydrogens is 398 g/mol. The van der Waals surface area contributed by atoms with Gasteiger partial charge in [0.05, 0.1) is 4.92 Å². The van der Waals surface area contributed by atoms with Crippen LogP contribution in [-0.4, -0.2) is 41.5 Å². The Bertz CT molecular complexity index is 969. The Kier molecular flexibility index (Phi) is 6.58. The fourth-order valence-corrected chi connectivity index (χ4v) is 3.62. The molecule has 0 aromatic heterocycles. The van der Waals surface area contributed by atoms with Gasteiger partial charge < -0.3 is 15.0 Å². The van der Waals surface area contributed by atoms with Crippen molar-refractivity contribution in [3.8, 4) is 0 Å². The highest BCUT2D eigenvalue weighted by Gasteiger charge is 2.28. The molecule has 3 rings (SSSR count). The van der Waals surface area contributed by atoms with E-state index in [4.69, 9.17) is 4.74 Å². The smallest absolute Gasteiger partial charge is 0.407 e. The Hall–Kier alpha value is -3.42. The number of piperidine rings is 1. The van der Waals surface area contributed by atoms with Gasteiger partial charge in [0.1, 0.15) is 11.3 Å². The van der Waals surface area contributed by atoms with Crippen molar-refractivity contribution in [2.75, 3.05) is 18.0 Å². The molecule has 8 nitrogen and oxygen atoms in total. The first-order valence-corrected chi connectivity index (χ1v) is 10.3. The molecule has 0 aliphatic carbocycles. The van der Waals surface area contributed by atoms with Gasteiger partial charge in [-0.2, -0.15) is 0 Å². The summed E-state index contributed by atoms with van der Waals surface area (Å²) in [6.45, 7) is 6.43. The van der Waals surface area contributed by atoms with Crippen molar-refractivity contribution in [2.24, 2.45) is 0 Å². The predicted molar refractivity (Wildman–Crippen MR) is 118 cm³/mol. The maximum absolute atomic E-state index is 12.7. The summed E-state index contributed by atoms with van der Waals surface area (Å²) in [6.07, 6.45) is 1.02. The molecule has 0 saturated carbocycles. The highest BCUT2D eigenvalue weighted by atomic mass is 16.6. The van der Waals surface area contributed by atoms with E-state index in [9.17, 15) is 19.7 Å². The van der Waals surface area contributed by atoms with Crippen molar-refractivity contribution in [1.29, 1.82) is 0 Å². The number of nitro benzene ring substituents is 1. The van der Waals surface area contributed by atoms with Crippen LogP contribution in [0.15, 0.2) is 48.5 Å². The number of carbonyl (C=O) groups is 2. The quantitative estimate of drug-likeness (QED) is 0.435. The van der Waals surface area contributed by atoms with Gasteiger partial charge in [-0.05, 0) is 45.7 Å². The van der Waals surface area contributed by atoms with Gasteiger partial charge >= 0.3 is 6.09 Å². The third-order valence-corrected chi connectivity index (χ3v) is 4.95. The topological polar surface area (TPSA) is 102 Å². The zero-order valence-electron chi connectivity index (χ0n) is 18.0. The summed E-state index contributed by atoms with van der Waals surface area (Å²) in [6, 6.07) is 13.0. The van der Waals surface area contributed by atoms with Crippen LogP contribution in [0.1, 0.15) is 49.5 Å². The Morgan fingerprint density at radius 1 is 1.13 bits per heavy atom. The minimum atomic E-state index is -0.599. The number of carbonyl (C=O) groups excluding carboxylic acids is 2. The summed E-state index contributed by atoms with van der Waals surface area (Å²) in [5, 5.41) is 14.6. The standard InChI is InChI=1S/C23H27N3O5/c1-23(2,3)31-22(28)24-18-10-7-13-25(15-18)19-12-11-17(14-20(19)26(29)30)21(27)16-8-5-4-6-9-16/h4-6,8-9,11-12,14,18H,7,10,13,15H2,1-3H3,(H,24,28). The first-order valence-electron chi connectivity index (χ1n) is 10.3. The van der Waals surface area contributed by atoms with E-state index in [-0.39, 0.29) is 23.1 Å². The van der Waals surface area contributed by atoms with Gasteiger partial charge in [-0.15, -0.1) is 0 Å². The van der Waals surface area contributed by atoms with E-state index in [1.54, 1.807) is 63.2 Å². The average molecular weight is 425 g/mol. The van der Waals surface area contributed by atoms with Gasteiger partial charge in [-0.1, -0.05) is 30.3 Å². The summed E-state index contributed by atoms with van der Waals surface area (Å²) in [5.74, 6) is -0.265. The number of nitro groups is 1. The maximum Gasteiger partial charge on any atom is 0.407 e. The van der Waals surface area contributed by atoms with Crippen molar-refractivity contribution in [1.82, 2.24) is 5.32 Å². The predicted octanol–water partition coefficient (Wildman–Crippen LogP) is 4.32. The normalized spacial score (nSPS) is 16.5. The van der Waals surface area contributed by atoms with E-state index < -0.39 is 16.6 Å². The summed E-state index contributed by atoms with van der Waals surface area (Å²) >= 11 is 0. The third kappa shape index (κ3) is 5.81. The number of anilines is 1. The fourth-order valence-electron chi connectivity index (χ4n) is 3.62. The highest BCUT2D eigenvalue weighted by molar-refractivity contribution is 6.09. The van der Waals surface area contributed by atoms with E-state index in [1.807, 2.05) is 4.90 Å². The van der Waals surface area contributed by atoms with Gasteiger partial charge in [-0.3, -0.25) is 14.9 Å². The zero-order chi connectivity index (χ0) is 22.6. The fraction of sp³-hybridized carbons (Fsp3) is 0.391. The van der Waals surface area contributed by atoms with Crippen molar-refractivity contribution < 1.29 is 19.2 Å². The molecular formula is C23H27N3O5. The maximum atomic E-state index is 12.7. The molecule has 1 amide bonds. The molecule has 31 heavy (non-hydrogen) atoms. The van der Waals surface area contributed by atoms with Crippen molar-refractivity contribution in [3.05, 3.63) is 69.8 Å². The lowest BCUT2D eigenvalue weighted by atomic mass is 10.0. The van der Waals surface area contributed by atoms with Crippen LogP contribution < -0.4 is 10.2 Å². The second-order valence-corrected chi connectivity index (χ2v) is 8.59. The van der Waals surface area contributed by atoms with Gasteiger partial charge in [-0.25, -0.2) is 4.79 Å². The lowest BCUT2D eigenvalue weighted by molar-refractivity contribution is -0.384. The number of nitrogens with one attached hydrogen (secondary N) is 1. The number of ether oxygens (including phenoxy) is 1. The first kappa shape index (κ1) is 22.3. The van der Waals surface area contributed by atoms with E-state index in [0.717, 1.165) is 12.8 Å². The molecule has 1 heterocycles. The molecule has 2 aromatic rings. The van der Waals surface area contributed by atoms with Gasteiger partial charge in [0.25, 0.3) is 5.69 Å². The number of amides is 1. The number of hydrogen-bond donors (Lipinski definition) is 1. The van der Waals surface area contributed by atoms with Crippen LogP contribution in [0.3, 0.4) is 0 Å². The molecule has 1 aliphatic heterocycles. The molecule has 2 aromatic carbocycles. The van der Waals surface area contributed by atoms with E-state index in [1.165, 1.54) is 6.07 Å². The number of rotatable bonds is 5. The summed E-state index contributed by atoms with van der Waals surface area (Å²) in [7, 11) is 0. The van der Waals surface area contributed by atoms with E-state index in [0.29, 0.717) is 24.3 Å². The molecule has 1 aliphatic rings. The Labute approximate surface area is 181 Å². The zero-order valence-corrected chi connectivity index (χ0v) is 18.0. The second kappa shape index (κ2) is 9.16. The second-order valence-electron chi connectivity index (χ2n) is 8.59. The lowest BCUT2D eigenvalue weighted by Gasteiger charge is -2.34. The van der Waals surface area contributed by atoms with Gasteiger partial charge in [0, 0.05) is 36.3 Å². The van der Waals surface area contributed by atoms with Crippen LogP contribution in [0.5, 0.6) is 0 Å². The van der Waals surface area contributed by atoms with Crippen LogP contribution in [0, 0.1) is 10.1 Å². The van der Waals surface area contributed by atoms with Gasteiger partial charge in [0.15, 0.2) is 5.78 Å². The monoisotopic (exact) mass is 425 g/mol. The molecule has 1 saturated heterocycles. The molecule has 1 unspecified atom stereocenters. The Balaban J connectivity index is 1.79. The number of nitrogens with zero attached hydrogens (tertiary/aromatic N) is 2. The number of alkyl carbamates (subject to hydrolysis) is 1. The van der Waals surface area contributed by atoms with Crippen molar-refractivity contribution >= 4 is 23.3 Å². The first-order chi connectivity index (χ1) is 14.6. The summed E-state index contributed by atoms with van der Waals surface area (Å²) in [5.41, 5.74) is 0.453. The number of benzene rings is 2. The molecule has 0 bridgehead atoms. The summed E-state index contributed by atoms with van der Waals surface area (Å²) < 4.78 is 5.31. The van der Waals surface area contributed by atoms with Crippen LogP contribution >= 0.6 is 0 Å². The molecule has 1 atom stereocenters. The van der Waals surface area contributed by atoms with E-state index >= 15 is 0 Å². The number of ketones is 1. The molecule has 1 fully saturated rings. The Morgan fingerprint density at radius 2 is 1.84 bits per heavy atom. The van der Waals surface area contributed by atoms with E-state index in [2.05, 4.69) is 5.32 Å². The minimum absolute atomic E-state index is 0.125. The van der Waals surface area contributed by atoms with Crippen LogP contribution in [0.25, 0.3) is 0 Å². The SMILES string of the molecule is CC(C)(C)OC(=O)NC1CCCN(c2ccc(C(=O)c3ccccc3)cc2[N+](=O)[O-])C1. The lowest BCUT2D eigenvalue weighted by Crippen LogP contribution is -2.49. The van der Waals surface area contributed by atoms with Gasteiger partial charge in [0.2, 0.25) is 0 Å².